The first-order chi connectivity index (χ1) is 11.7. The molecule has 0 saturated heterocycles. The average Bonchev–Trinajstić information content (AvgIpc) is 3.10. The minimum atomic E-state index is -0.00994. The highest BCUT2D eigenvalue weighted by molar-refractivity contribution is 7.08. The number of rotatable bonds is 6. The Kier molecular flexibility index (Phi) is 5.13. The Balaban J connectivity index is 1.57. The molecule has 24 heavy (non-hydrogen) atoms. The number of nitrogens with one attached hydrogen (secondary N) is 2. The zero-order valence-corrected chi connectivity index (χ0v) is 14.1. The maximum atomic E-state index is 12.0. The van der Waals surface area contributed by atoms with E-state index in [4.69, 9.17) is 4.74 Å². The molecule has 3 rings (SSSR count). The van der Waals surface area contributed by atoms with Gasteiger partial charge in [0.1, 0.15) is 5.75 Å². The highest BCUT2D eigenvalue weighted by atomic mass is 32.1. The van der Waals surface area contributed by atoms with Crippen LogP contribution in [0.15, 0.2) is 65.4 Å². The van der Waals surface area contributed by atoms with Gasteiger partial charge in [0.15, 0.2) is 0 Å². The number of benzene rings is 2. The molecule has 0 radical (unpaired) electrons. The van der Waals surface area contributed by atoms with Gasteiger partial charge >= 0.3 is 0 Å². The third-order valence-corrected chi connectivity index (χ3v) is 4.22. The van der Waals surface area contributed by atoms with E-state index >= 15 is 0 Å². The number of ether oxygens (including phenoxy) is 1. The van der Waals surface area contributed by atoms with E-state index in [1.54, 1.807) is 18.4 Å². The van der Waals surface area contributed by atoms with Crippen LogP contribution < -0.4 is 15.4 Å². The van der Waals surface area contributed by atoms with Crippen molar-refractivity contribution in [3.05, 3.63) is 70.9 Å². The standard InChI is InChI=1S/C19H18N2O2S/c1-23-18-8-6-16(7-9-18)20-15-2-4-17(5-3-15)21-19(22)12-14-10-11-24-13-14/h2-11,13,20H,12H2,1H3,(H,21,22). The number of methoxy groups -OCH3 is 1. The van der Waals surface area contributed by atoms with Crippen LogP contribution in [0.2, 0.25) is 0 Å². The van der Waals surface area contributed by atoms with Gasteiger partial charge in [0.05, 0.1) is 13.5 Å². The van der Waals surface area contributed by atoms with E-state index in [0.717, 1.165) is 28.4 Å². The summed E-state index contributed by atoms with van der Waals surface area (Å²) in [7, 11) is 1.65. The van der Waals surface area contributed by atoms with Crippen molar-refractivity contribution >= 4 is 34.3 Å². The van der Waals surface area contributed by atoms with Crippen LogP contribution in [-0.4, -0.2) is 13.0 Å². The van der Waals surface area contributed by atoms with Crippen LogP contribution in [0.5, 0.6) is 5.75 Å². The van der Waals surface area contributed by atoms with Gasteiger partial charge in [-0.15, -0.1) is 0 Å². The van der Waals surface area contributed by atoms with Gasteiger partial charge in [-0.25, -0.2) is 0 Å². The third-order valence-electron chi connectivity index (χ3n) is 3.49. The molecule has 3 aromatic rings. The molecular formula is C19H18N2O2S. The Labute approximate surface area is 145 Å². The second kappa shape index (κ2) is 7.66. The van der Waals surface area contributed by atoms with Crippen molar-refractivity contribution < 1.29 is 9.53 Å². The highest BCUT2D eigenvalue weighted by Gasteiger charge is 2.04. The lowest BCUT2D eigenvalue weighted by molar-refractivity contribution is -0.115. The molecule has 1 aromatic heterocycles. The van der Waals surface area contributed by atoms with Crippen LogP contribution >= 0.6 is 11.3 Å². The molecule has 4 nitrogen and oxygen atoms in total. The van der Waals surface area contributed by atoms with Gasteiger partial charge in [-0.3, -0.25) is 4.79 Å². The monoisotopic (exact) mass is 338 g/mol. The molecule has 1 amide bonds. The van der Waals surface area contributed by atoms with Gasteiger partial charge in [0.25, 0.3) is 0 Å². The SMILES string of the molecule is COc1ccc(Nc2ccc(NC(=O)Cc3ccsc3)cc2)cc1. The molecule has 1 heterocycles. The van der Waals surface area contributed by atoms with Crippen molar-refractivity contribution in [1.29, 1.82) is 0 Å². The normalized spacial score (nSPS) is 10.2. The van der Waals surface area contributed by atoms with E-state index < -0.39 is 0 Å². The predicted octanol–water partition coefficient (Wildman–Crippen LogP) is 4.68. The fourth-order valence-electron chi connectivity index (χ4n) is 2.26. The minimum Gasteiger partial charge on any atom is -0.497 e. The Hall–Kier alpha value is -2.79. The number of thiophene rings is 1. The second-order valence-electron chi connectivity index (χ2n) is 5.29. The van der Waals surface area contributed by atoms with Crippen molar-refractivity contribution in [1.82, 2.24) is 0 Å². The van der Waals surface area contributed by atoms with Crippen LogP contribution in [0.3, 0.4) is 0 Å². The van der Waals surface area contributed by atoms with Gasteiger partial charge in [-0.05, 0) is 70.9 Å². The largest absolute Gasteiger partial charge is 0.497 e. The van der Waals surface area contributed by atoms with Crippen molar-refractivity contribution in [2.24, 2.45) is 0 Å². The Bertz CT molecular complexity index is 781. The molecule has 0 aliphatic rings. The van der Waals surface area contributed by atoms with Crippen molar-refractivity contribution in [2.75, 3.05) is 17.7 Å². The number of amides is 1. The van der Waals surface area contributed by atoms with Gasteiger partial charge < -0.3 is 15.4 Å². The van der Waals surface area contributed by atoms with Crippen molar-refractivity contribution in [3.63, 3.8) is 0 Å². The minimum absolute atomic E-state index is 0.00994. The molecule has 0 unspecified atom stereocenters. The van der Waals surface area contributed by atoms with E-state index in [1.165, 1.54) is 0 Å². The molecule has 5 heteroatoms. The van der Waals surface area contributed by atoms with Crippen LogP contribution in [0.1, 0.15) is 5.56 Å². The maximum absolute atomic E-state index is 12.0. The molecular weight excluding hydrogens is 320 g/mol. The van der Waals surface area contributed by atoms with E-state index in [9.17, 15) is 4.79 Å². The van der Waals surface area contributed by atoms with Gasteiger partial charge in [0, 0.05) is 17.1 Å². The number of anilines is 3. The fraction of sp³-hybridized carbons (Fsp3) is 0.105. The summed E-state index contributed by atoms with van der Waals surface area (Å²) >= 11 is 1.60. The molecule has 0 fully saturated rings. The quantitative estimate of drug-likeness (QED) is 0.686. The summed E-state index contributed by atoms with van der Waals surface area (Å²) in [5.41, 5.74) is 3.76. The smallest absolute Gasteiger partial charge is 0.228 e. The number of hydrogen-bond acceptors (Lipinski definition) is 4. The summed E-state index contributed by atoms with van der Waals surface area (Å²) in [6.45, 7) is 0. The Morgan fingerprint density at radius 1 is 0.958 bits per heavy atom. The summed E-state index contributed by atoms with van der Waals surface area (Å²) in [4.78, 5) is 12.0. The Morgan fingerprint density at radius 3 is 2.17 bits per heavy atom. The van der Waals surface area contributed by atoms with E-state index in [2.05, 4.69) is 10.6 Å². The molecule has 0 bridgehead atoms. The number of hydrogen-bond donors (Lipinski definition) is 2. The van der Waals surface area contributed by atoms with Crippen LogP contribution in [-0.2, 0) is 11.2 Å². The molecule has 0 aliphatic heterocycles. The summed E-state index contributed by atoms with van der Waals surface area (Å²) in [5, 5.41) is 10.2. The summed E-state index contributed by atoms with van der Waals surface area (Å²) in [6, 6.07) is 17.3. The zero-order valence-electron chi connectivity index (χ0n) is 13.3. The van der Waals surface area contributed by atoms with Crippen LogP contribution in [0.4, 0.5) is 17.1 Å². The van der Waals surface area contributed by atoms with E-state index in [-0.39, 0.29) is 5.91 Å². The van der Waals surface area contributed by atoms with Gasteiger partial charge in [0.2, 0.25) is 5.91 Å². The molecule has 2 aromatic carbocycles. The first kappa shape index (κ1) is 16.1. The molecule has 2 N–H and O–H groups in total. The Morgan fingerprint density at radius 2 is 1.58 bits per heavy atom. The van der Waals surface area contributed by atoms with E-state index in [1.807, 2.05) is 65.4 Å². The predicted molar refractivity (Wildman–Crippen MR) is 99.4 cm³/mol. The topological polar surface area (TPSA) is 50.4 Å². The molecule has 0 atom stereocenters. The summed E-state index contributed by atoms with van der Waals surface area (Å²) in [5.74, 6) is 0.813. The maximum Gasteiger partial charge on any atom is 0.228 e. The lowest BCUT2D eigenvalue weighted by Gasteiger charge is -2.09. The first-order valence-corrected chi connectivity index (χ1v) is 8.49. The first-order valence-electron chi connectivity index (χ1n) is 7.55. The molecule has 122 valence electrons. The number of carbonyl (C=O) groups excluding carboxylic acids is 1. The average molecular weight is 338 g/mol. The lowest BCUT2D eigenvalue weighted by Crippen LogP contribution is -2.13. The van der Waals surface area contributed by atoms with Crippen molar-refractivity contribution in [2.45, 2.75) is 6.42 Å². The summed E-state index contributed by atoms with van der Waals surface area (Å²) < 4.78 is 5.14. The molecule has 0 spiro atoms. The fourth-order valence-corrected chi connectivity index (χ4v) is 2.93. The molecule has 0 aliphatic carbocycles. The van der Waals surface area contributed by atoms with E-state index in [0.29, 0.717) is 6.42 Å². The highest BCUT2D eigenvalue weighted by Crippen LogP contribution is 2.21. The van der Waals surface area contributed by atoms with Crippen molar-refractivity contribution in [3.8, 4) is 5.75 Å². The van der Waals surface area contributed by atoms with Gasteiger partial charge in [-0.1, -0.05) is 0 Å². The van der Waals surface area contributed by atoms with Crippen LogP contribution in [0, 0.1) is 0 Å². The zero-order chi connectivity index (χ0) is 16.8. The van der Waals surface area contributed by atoms with Gasteiger partial charge in [-0.2, -0.15) is 11.3 Å². The third kappa shape index (κ3) is 4.36. The number of carbonyl (C=O) groups is 1. The lowest BCUT2D eigenvalue weighted by atomic mass is 10.2. The molecule has 0 saturated carbocycles. The summed E-state index contributed by atoms with van der Waals surface area (Å²) in [6.07, 6.45) is 0.398. The van der Waals surface area contributed by atoms with Crippen LogP contribution in [0.25, 0.3) is 0 Å². The second-order valence-corrected chi connectivity index (χ2v) is 6.07.